The number of anilines is 1. The van der Waals surface area contributed by atoms with E-state index in [1.54, 1.807) is 12.1 Å². The van der Waals surface area contributed by atoms with Gasteiger partial charge in [0.2, 0.25) is 10.0 Å². The van der Waals surface area contributed by atoms with Gasteiger partial charge in [0.15, 0.2) is 5.11 Å². The number of rotatable bonds is 5. The summed E-state index contributed by atoms with van der Waals surface area (Å²) in [6, 6.07) is 16.0. The molecular weight excluding hydrogens is 478 g/mol. The van der Waals surface area contributed by atoms with E-state index in [9.17, 15) is 13.2 Å². The van der Waals surface area contributed by atoms with E-state index in [2.05, 4.69) is 15.7 Å². The number of thiocarbonyl (C=S) groups is 1. The molecule has 0 amide bonds. The van der Waals surface area contributed by atoms with E-state index in [1.165, 1.54) is 48.6 Å². The van der Waals surface area contributed by atoms with Crippen LogP contribution in [0, 0.1) is 6.92 Å². The van der Waals surface area contributed by atoms with Crippen molar-refractivity contribution in [2.24, 2.45) is 0 Å². The average Bonchev–Trinajstić information content (AvgIpc) is 3.13. The molecule has 0 aliphatic carbocycles. The summed E-state index contributed by atoms with van der Waals surface area (Å²) in [7, 11) is -0.658. The summed E-state index contributed by atoms with van der Waals surface area (Å²) in [5, 5.41) is 3.55. The van der Waals surface area contributed by atoms with Gasteiger partial charge in [-0.1, -0.05) is 36.4 Å². The summed E-state index contributed by atoms with van der Waals surface area (Å²) in [4.78, 5) is 19.5. The second kappa shape index (κ2) is 9.02. The zero-order valence-corrected chi connectivity index (χ0v) is 20.5. The number of nitrogens with one attached hydrogen (secondary N) is 2. The average molecular weight is 500 g/mol. The molecule has 0 unspecified atom stereocenters. The van der Waals surface area contributed by atoms with Gasteiger partial charge in [-0.3, -0.25) is 10.2 Å². The fourth-order valence-corrected chi connectivity index (χ4v) is 5.52. The Kier molecular flexibility index (Phi) is 6.30. The van der Waals surface area contributed by atoms with Crippen molar-refractivity contribution in [3.63, 3.8) is 0 Å². The fraction of sp³-hybridized carbons (Fsp3) is 0.136. The highest BCUT2D eigenvalue weighted by atomic mass is 32.2. The predicted molar refractivity (Wildman–Crippen MR) is 137 cm³/mol. The van der Waals surface area contributed by atoms with E-state index in [0.29, 0.717) is 15.9 Å². The Morgan fingerprint density at radius 2 is 1.85 bits per heavy atom. The number of benzene rings is 2. The molecule has 8 nitrogen and oxygen atoms in total. The Morgan fingerprint density at radius 3 is 2.55 bits per heavy atom. The maximum atomic E-state index is 13.3. The Bertz CT molecular complexity index is 1510. The van der Waals surface area contributed by atoms with Crippen molar-refractivity contribution in [3.8, 4) is 11.1 Å². The fourth-order valence-electron chi connectivity index (χ4n) is 3.35. The number of sulfonamides is 1. The zero-order chi connectivity index (χ0) is 23.8. The van der Waals surface area contributed by atoms with Gasteiger partial charge in [-0.15, -0.1) is 11.3 Å². The van der Waals surface area contributed by atoms with Crippen LogP contribution in [-0.2, 0) is 10.0 Å². The van der Waals surface area contributed by atoms with Crippen LogP contribution in [0.5, 0.6) is 0 Å². The molecule has 170 valence electrons. The Hall–Kier alpha value is -3.12. The Balaban J connectivity index is 1.63. The summed E-state index contributed by atoms with van der Waals surface area (Å²) < 4.78 is 27.1. The van der Waals surface area contributed by atoms with Crippen molar-refractivity contribution < 1.29 is 8.42 Å². The van der Waals surface area contributed by atoms with Crippen LogP contribution in [0.2, 0.25) is 0 Å². The summed E-state index contributed by atoms with van der Waals surface area (Å²) in [6.07, 6.45) is 1.39. The van der Waals surface area contributed by atoms with Crippen molar-refractivity contribution >= 4 is 54.6 Å². The van der Waals surface area contributed by atoms with Gasteiger partial charge in [0.1, 0.15) is 11.2 Å². The monoisotopic (exact) mass is 499 g/mol. The van der Waals surface area contributed by atoms with Gasteiger partial charge in [0, 0.05) is 30.2 Å². The molecule has 0 spiro atoms. The molecule has 4 aromatic rings. The minimum absolute atomic E-state index is 0.117. The van der Waals surface area contributed by atoms with E-state index in [0.717, 1.165) is 20.3 Å². The third kappa shape index (κ3) is 4.53. The molecule has 11 heteroatoms. The molecule has 0 aliphatic rings. The van der Waals surface area contributed by atoms with Gasteiger partial charge < -0.3 is 5.32 Å². The number of hydrogen-bond acceptors (Lipinski definition) is 6. The number of hydrogen-bond donors (Lipinski definition) is 2. The van der Waals surface area contributed by atoms with Crippen LogP contribution in [0.4, 0.5) is 5.69 Å². The highest BCUT2D eigenvalue weighted by molar-refractivity contribution is 7.89. The standard InChI is InChI=1S/C22H21N5O3S3/c1-14-18(15-8-5-4-6-9-15)19-20(32-14)23-13-27(21(19)28)25-22(31)24-16-10-7-11-17(12-16)33(29,30)26(2)3/h4-13H,1-3H3,(H2,24,25,31). The van der Waals surface area contributed by atoms with Crippen LogP contribution >= 0.6 is 23.6 Å². The van der Waals surface area contributed by atoms with Crippen LogP contribution in [0.3, 0.4) is 0 Å². The van der Waals surface area contributed by atoms with E-state index >= 15 is 0 Å². The number of fused-ring (bicyclic) bond motifs is 1. The van der Waals surface area contributed by atoms with Gasteiger partial charge in [-0.2, -0.15) is 0 Å². The molecular formula is C22H21N5O3S3. The molecule has 2 aromatic heterocycles. The molecule has 2 aromatic carbocycles. The first kappa shape index (κ1) is 23.1. The maximum absolute atomic E-state index is 13.3. The highest BCUT2D eigenvalue weighted by Crippen LogP contribution is 2.35. The summed E-state index contributed by atoms with van der Waals surface area (Å²) >= 11 is 6.82. The topological polar surface area (TPSA) is 96.3 Å². The molecule has 0 saturated carbocycles. The first-order chi connectivity index (χ1) is 15.7. The van der Waals surface area contributed by atoms with Crippen molar-refractivity contribution in [1.29, 1.82) is 0 Å². The van der Waals surface area contributed by atoms with Crippen molar-refractivity contribution in [2.45, 2.75) is 11.8 Å². The molecule has 0 atom stereocenters. The smallest absolute Gasteiger partial charge is 0.281 e. The van der Waals surface area contributed by atoms with Crippen LogP contribution in [0.1, 0.15) is 4.88 Å². The lowest BCUT2D eigenvalue weighted by molar-refractivity contribution is 0.521. The van der Waals surface area contributed by atoms with E-state index in [-0.39, 0.29) is 15.6 Å². The van der Waals surface area contributed by atoms with Crippen molar-refractivity contribution in [1.82, 2.24) is 14.0 Å². The van der Waals surface area contributed by atoms with Crippen LogP contribution in [0.15, 0.2) is 70.6 Å². The molecule has 0 saturated heterocycles. The minimum atomic E-state index is -3.59. The van der Waals surface area contributed by atoms with Gasteiger partial charge in [0.25, 0.3) is 5.56 Å². The van der Waals surface area contributed by atoms with Crippen LogP contribution in [0.25, 0.3) is 21.3 Å². The van der Waals surface area contributed by atoms with Gasteiger partial charge in [0.05, 0.1) is 10.3 Å². The highest BCUT2D eigenvalue weighted by Gasteiger charge is 2.19. The Morgan fingerprint density at radius 1 is 1.12 bits per heavy atom. The van der Waals surface area contributed by atoms with E-state index in [4.69, 9.17) is 12.2 Å². The van der Waals surface area contributed by atoms with Gasteiger partial charge >= 0.3 is 0 Å². The molecule has 2 heterocycles. The van der Waals surface area contributed by atoms with Crippen LogP contribution in [-0.4, -0.2) is 41.6 Å². The SMILES string of the molecule is Cc1sc2ncn(NC(=S)Nc3cccc(S(=O)(=O)N(C)C)c3)c(=O)c2c1-c1ccccc1. The molecule has 0 aliphatic heterocycles. The Labute approximate surface area is 200 Å². The summed E-state index contributed by atoms with van der Waals surface area (Å²) in [5.74, 6) is 0. The largest absolute Gasteiger partial charge is 0.331 e. The lowest BCUT2D eigenvalue weighted by atomic mass is 10.0. The third-order valence-corrected chi connectivity index (χ3v) is 7.96. The van der Waals surface area contributed by atoms with Crippen molar-refractivity contribution in [3.05, 3.63) is 76.2 Å². The molecule has 0 bridgehead atoms. The molecule has 2 N–H and O–H groups in total. The number of aromatic nitrogens is 2. The third-order valence-electron chi connectivity index (χ3n) is 4.94. The lowest BCUT2D eigenvalue weighted by Crippen LogP contribution is -2.35. The second-order valence-corrected chi connectivity index (χ2v) is 11.1. The molecule has 0 radical (unpaired) electrons. The van der Waals surface area contributed by atoms with Gasteiger partial charge in [-0.05, 0) is 42.9 Å². The maximum Gasteiger partial charge on any atom is 0.281 e. The first-order valence-electron chi connectivity index (χ1n) is 9.85. The predicted octanol–water partition coefficient (Wildman–Crippen LogP) is 3.62. The number of aryl methyl sites for hydroxylation is 1. The van der Waals surface area contributed by atoms with Crippen LogP contribution < -0.4 is 16.3 Å². The van der Waals surface area contributed by atoms with E-state index < -0.39 is 10.0 Å². The quantitative estimate of drug-likeness (QED) is 0.405. The molecule has 4 rings (SSSR count). The molecule has 0 fully saturated rings. The lowest BCUT2D eigenvalue weighted by Gasteiger charge is -2.14. The normalized spacial score (nSPS) is 11.6. The van der Waals surface area contributed by atoms with E-state index in [1.807, 2.05) is 37.3 Å². The zero-order valence-electron chi connectivity index (χ0n) is 18.1. The molecule has 33 heavy (non-hydrogen) atoms. The second-order valence-electron chi connectivity index (χ2n) is 7.38. The first-order valence-corrected chi connectivity index (χ1v) is 12.5. The summed E-state index contributed by atoms with van der Waals surface area (Å²) in [5.41, 5.74) is 4.81. The number of thiophene rings is 1. The minimum Gasteiger partial charge on any atom is -0.331 e. The van der Waals surface area contributed by atoms with Gasteiger partial charge in [-0.25, -0.2) is 22.4 Å². The van der Waals surface area contributed by atoms with Crippen molar-refractivity contribution in [2.75, 3.05) is 24.8 Å². The number of nitrogens with zero attached hydrogens (tertiary/aromatic N) is 3. The summed E-state index contributed by atoms with van der Waals surface area (Å²) in [6.45, 7) is 1.97.